The summed E-state index contributed by atoms with van der Waals surface area (Å²) < 4.78 is 23.6. The first-order valence-corrected chi connectivity index (χ1v) is 9.50. The molecule has 1 aliphatic rings. The molecule has 0 saturated carbocycles. The highest BCUT2D eigenvalue weighted by atomic mass is 32.2. The summed E-state index contributed by atoms with van der Waals surface area (Å²) in [6, 6.07) is 9.75. The van der Waals surface area contributed by atoms with Crippen molar-refractivity contribution in [2.45, 2.75) is 25.9 Å². The normalized spacial score (nSPS) is 20.3. The van der Waals surface area contributed by atoms with E-state index >= 15 is 0 Å². The van der Waals surface area contributed by atoms with E-state index in [4.69, 9.17) is 0 Å². The van der Waals surface area contributed by atoms with E-state index < -0.39 is 9.84 Å². The Balaban J connectivity index is 1.74. The third-order valence-corrected chi connectivity index (χ3v) is 6.18. The van der Waals surface area contributed by atoms with Gasteiger partial charge in [-0.3, -0.25) is 14.9 Å². The van der Waals surface area contributed by atoms with Crippen molar-refractivity contribution in [1.82, 2.24) is 14.9 Å². The predicted molar refractivity (Wildman–Crippen MR) is 90.6 cm³/mol. The molecule has 3 heterocycles. The highest BCUT2D eigenvalue weighted by Crippen LogP contribution is 2.25. The van der Waals surface area contributed by atoms with Gasteiger partial charge in [0, 0.05) is 31.0 Å². The van der Waals surface area contributed by atoms with Gasteiger partial charge in [0.05, 0.1) is 22.9 Å². The molecule has 2 aromatic rings. The minimum Gasteiger partial charge on any atom is -0.292 e. The lowest BCUT2D eigenvalue weighted by molar-refractivity contribution is 0.131. The number of pyridine rings is 2. The van der Waals surface area contributed by atoms with Gasteiger partial charge in [-0.1, -0.05) is 12.1 Å². The molecule has 0 aromatic carbocycles. The van der Waals surface area contributed by atoms with E-state index in [1.54, 1.807) is 6.20 Å². The van der Waals surface area contributed by atoms with Crippen LogP contribution in [-0.4, -0.2) is 46.9 Å². The maximum absolute atomic E-state index is 11.8. The predicted octanol–water partition coefficient (Wildman–Crippen LogP) is 2.15. The monoisotopic (exact) mass is 331 g/mol. The molecule has 1 aliphatic heterocycles. The van der Waals surface area contributed by atoms with Crippen LogP contribution in [0.3, 0.4) is 0 Å². The Bertz CT molecular complexity index is 771. The molecule has 6 heteroatoms. The summed E-state index contributed by atoms with van der Waals surface area (Å²) in [5.41, 5.74) is 2.42. The Morgan fingerprint density at radius 1 is 1.13 bits per heavy atom. The third kappa shape index (κ3) is 3.76. The van der Waals surface area contributed by atoms with Crippen molar-refractivity contribution < 1.29 is 8.42 Å². The van der Waals surface area contributed by atoms with Gasteiger partial charge in [0.1, 0.15) is 0 Å². The summed E-state index contributed by atoms with van der Waals surface area (Å²) in [6.45, 7) is 5.24. The number of sulfone groups is 1. The largest absolute Gasteiger partial charge is 0.292 e. The molecule has 0 spiro atoms. The van der Waals surface area contributed by atoms with Crippen LogP contribution in [0.25, 0.3) is 11.4 Å². The van der Waals surface area contributed by atoms with Crippen molar-refractivity contribution in [3.63, 3.8) is 0 Å². The van der Waals surface area contributed by atoms with Gasteiger partial charge < -0.3 is 0 Å². The van der Waals surface area contributed by atoms with Crippen molar-refractivity contribution in [2.24, 2.45) is 0 Å². The summed E-state index contributed by atoms with van der Waals surface area (Å²) >= 11 is 0. The smallest absolute Gasteiger partial charge is 0.153 e. The van der Waals surface area contributed by atoms with E-state index in [2.05, 4.69) is 14.9 Å². The van der Waals surface area contributed by atoms with E-state index in [-0.39, 0.29) is 17.0 Å². The molecule has 3 rings (SSSR count). The van der Waals surface area contributed by atoms with Crippen molar-refractivity contribution >= 4 is 9.84 Å². The van der Waals surface area contributed by atoms with E-state index in [9.17, 15) is 8.42 Å². The van der Waals surface area contributed by atoms with Crippen LogP contribution in [0.4, 0.5) is 0 Å². The van der Waals surface area contributed by atoms with Gasteiger partial charge in [0.2, 0.25) is 0 Å². The standard InChI is InChI=1S/C17H21N3O2S/c1-17(2)13-23(21,22)10-9-20(17)12-14-6-7-16(19-11-14)15-5-3-4-8-18-15/h3-8,11H,9-10,12-13H2,1-2H3. The first kappa shape index (κ1) is 16.1. The Morgan fingerprint density at radius 2 is 1.91 bits per heavy atom. The maximum atomic E-state index is 11.8. The van der Waals surface area contributed by atoms with Crippen LogP contribution < -0.4 is 0 Å². The lowest BCUT2D eigenvalue weighted by atomic mass is 10.0. The first-order chi connectivity index (χ1) is 10.9. The molecule has 1 fully saturated rings. The molecule has 0 amide bonds. The molecule has 0 atom stereocenters. The summed E-state index contributed by atoms with van der Waals surface area (Å²) in [5.74, 6) is 0.440. The summed E-state index contributed by atoms with van der Waals surface area (Å²) in [7, 11) is -2.92. The summed E-state index contributed by atoms with van der Waals surface area (Å²) in [6.07, 6.45) is 3.60. The third-order valence-electron chi connectivity index (χ3n) is 4.23. The summed E-state index contributed by atoms with van der Waals surface area (Å²) in [4.78, 5) is 11.0. The van der Waals surface area contributed by atoms with Gasteiger partial charge in [-0.25, -0.2) is 8.42 Å². The fourth-order valence-electron chi connectivity index (χ4n) is 2.95. The molecule has 5 nitrogen and oxygen atoms in total. The van der Waals surface area contributed by atoms with Crippen LogP contribution in [-0.2, 0) is 16.4 Å². The maximum Gasteiger partial charge on any atom is 0.153 e. The van der Waals surface area contributed by atoms with Crippen LogP contribution in [0.5, 0.6) is 0 Å². The Kier molecular flexibility index (Phi) is 4.21. The topological polar surface area (TPSA) is 63.2 Å². The van der Waals surface area contributed by atoms with Crippen LogP contribution in [0.1, 0.15) is 19.4 Å². The number of hydrogen-bond acceptors (Lipinski definition) is 5. The molecule has 0 bridgehead atoms. The van der Waals surface area contributed by atoms with Crippen molar-refractivity contribution in [1.29, 1.82) is 0 Å². The van der Waals surface area contributed by atoms with Crippen molar-refractivity contribution in [3.05, 3.63) is 48.3 Å². The zero-order valence-corrected chi connectivity index (χ0v) is 14.3. The Morgan fingerprint density at radius 3 is 2.52 bits per heavy atom. The minimum atomic E-state index is -2.92. The van der Waals surface area contributed by atoms with Crippen LogP contribution in [0, 0.1) is 0 Å². The highest BCUT2D eigenvalue weighted by molar-refractivity contribution is 7.91. The minimum absolute atomic E-state index is 0.208. The Labute approximate surface area is 137 Å². The van der Waals surface area contributed by atoms with Crippen LogP contribution in [0.15, 0.2) is 42.7 Å². The van der Waals surface area contributed by atoms with Gasteiger partial charge in [0.15, 0.2) is 9.84 Å². The molecule has 23 heavy (non-hydrogen) atoms. The van der Waals surface area contributed by atoms with Gasteiger partial charge in [0.25, 0.3) is 0 Å². The second-order valence-corrected chi connectivity index (χ2v) is 8.78. The highest BCUT2D eigenvalue weighted by Gasteiger charge is 2.37. The van der Waals surface area contributed by atoms with Gasteiger partial charge in [-0.05, 0) is 37.6 Å². The molecule has 0 radical (unpaired) electrons. The second-order valence-electron chi connectivity index (χ2n) is 6.59. The van der Waals surface area contributed by atoms with Crippen LogP contribution in [0.2, 0.25) is 0 Å². The fraction of sp³-hybridized carbons (Fsp3) is 0.412. The van der Waals surface area contributed by atoms with Gasteiger partial charge in [-0.2, -0.15) is 0 Å². The average molecular weight is 331 g/mol. The fourth-order valence-corrected chi connectivity index (χ4v) is 4.85. The number of rotatable bonds is 3. The van der Waals surface area contributed by atoms with E-state index in [0.29, 0.717) is 13.1 Å². The number of aromatic nitrogens is 2. The van der Waals surface area contributed by atoms with E-state index in [1.165, 1.54) is 0 Å². The van der Waals surface area contributed by atoms with E-state index in [0.717, 1.165) is 17.0 Å². The molecule has 0 N–H and O–H groups in total. The molecule has 2 aromatic heterocycles. The Hall–Kier alpha value is -1.79. The number of hydrogen-bond donors (Lipinski definition) is 0. The zero-order chi connectivity index (χ0) is 16.5. The average Bonchev–Trinajstić information content (AvgIpc) is 2.51. The van der Waals surface area contributed by atoms with Gasteiger partial charge in [-0.15, -0.1) is 0 Å². The molecule has 1 saturated heterocycles. The quantitative estimate of drug-likeness (QED) is 0.862. The van der Waals surface area contributed by atoms with E-state index in [1.807, 2.05) is 50.4 Å². The lowest BCUT2D eigenvalue weighted by Crippen LogP contribution is -2.54. The van der Waals surface area contributed by atoms with Crippen molar-refractivity contribution in [3.8, 4) is 11.4 Å². The lowest BCUT2D eigenvalue weighted by Gasteiger charge is -2.42. The molecule has 0 unspecified atom stereocenters. The SMILES string of the molecule is CC1(C)CS(=O)(=O)CCN1Cc1ccc(-c2ccccn2)nc1. The second kappa shape index (κ2) is 6.02. The summed E-state index contributed by atoms with van der Waals surface area (Å²) in [5, 5.41) is 0. The zero-order valence-electron chi connectivity index (χ0n) is 13.4. The molecule has 0 aliphatic carbocycles. The van der Waals surface area contributed by atoms with Crippen molar-refractivity contribution in [2.75, 3.05) is 18.1 Å². The molecular formula is C17H21N3O2S. The van der Waals surface area contributed by atoms with Crippen LogP contribution >= 0.6 is 0 Å². The molecule has 122 valence electrons. The number of nitrogens with zero attached hydrogens (tertiary/aromatic N) is 3. The first-order valence-electron chi connectivity index (χ1n) is 7.68. The molecular weight excluding hydrogens is 310 g/mol. The van der Waals surface area contributed by atoms with Gasteiger partial charge >= 0.3 is 0 Å².